The molecule has 0 aliphatic carbocycles. The number of benzene rings is 1. The van der Waals surface area contributed by atoms with Gasteiger partial charge < -0.3 is 9.64 Å². The highest BCUT2D eigenvalue weighted by molar-refractivity contribution is 6.35. The second-order valence-electron chi connectivity index (χ2n) is 5.04. The van der Waals surface area contributed by atoms with Crippen molar-refractivity contribution in [2.75, 3.05) is 20.2 Å². The zero-order valence-corrected chi connectivity index (χ0v) is 12.2. The van der Waals surface area contributed by atoms with Crippen LogP contribution in [0.2, 0.25) is 5.02 Å². The molecular formula is C14H14ClN3O3. The molecule has 1 saturated heterocycles. The van der Waals surface area contributed by atoms with E-state index in [1.165, 1.54) is 10.9 Å². The number of carbonyl (C=O) groups excluding carboxylic acids is 1. The first-order chi connectivity index (χ1) is 10.1. The van der Waals surface area contributed by atoms with Crippen LogP contribution in [0.3, 0.4) is 0 Å². The number of fused-ring (bicyclic) bond motifs is 1. The summed E-state index contributed by atoms with van der Waals surface area (Å²) in [4.78, 5) is 29.7. The predicted octanol–water partition coefficient (Wildman–Crippen LogP) is 0.907. The van der Waals surface area contributed by atoms with Gasteiger partial charge in [0.05, 0.1) is 34.9 Å². The molecule has 1 aromatic carbocycles. The highest BCUT2D eigenvalue weighted by Crippen LogP contribution is 2.17. The quantitative estimate of drug-likeness (QED) is 0.827. The van der Waals surface area contributed by atoms with Crippen molar-refractivity contribution in [2.45, 2.75) is 12.6 Å². The van der Waals surface area contributed by atoms with E-state index in [0.29, 0.717) is 29.0 Å². The van der Waals surface area contributed by atoms with Gasteiger partial charge >= 0.3 is 0 Å². The zero-order valence-electron chi connectivity index (χ0n) is 11.5. The second kappa shape index (κ2) is 5.46. The van der Waals surface area contributed by atoms with Crippen LogP contribution in [0, 0.1) is 0 Å². The van der Waals surface area contributed by atoms with Crippen LogP contribution in [-0.2, 0) is 16.1 Å². The van der Waals surface area contributed by atoms with Crippen molar-refractivity contribution < 1.29 is 9.53 Å². The molecule has 1 aromatic heterocycles. The third-order valence-electron chi connectivity index (χ3n) is 3.55. The number of amides is 1. The number of rotatable bonds is 2. The summed E-state index contributed by atoms with van der Waals surface area (Å²) >= 11 is 6.08. The number of nitrogens with zero attached hydrogens (tertiary/aromatic N) is 3. The lowest BCUT2D eigenvalue weighted by atomic mass is 10.2. The van der Waals surface area contributed by atoms with Crippen molar-refractivity contribution in [3.05, 3.63) is 39.9 Å². The molecule has 2 aromatic rings. The van der Waals surface area contributed by atoms with Gasteiger partial charge in [-0.1, -0.05) is 17.7 Å². The van der Waals surface area contributed by atoms with E-state index in [1.54, 1.807) is 30.1 Å². The molecule has 1 aliphatic heterocycles. The molecule has 3 rings (SSSR count). The van der Waals surface area contributed by atoms with Gasteiger partial charge in [-0.3, -0.25) is 14.2 Å². The maximum atomic E-state index is 12.5. The highest BCUT2D eigenvalue weighted by Gasteiger charge is 2.24. The summed E-state index contributed by atoms with van der Waals surface area (Å²) in [6.45, 7) is 0.828. The van der Waals surface area contributed by atoms with E-state index in [9.17, 15) is 9.59 Å². The van der Waals surface area contributed by atoms with Crippen LogP contribution < -0.4 is 5.56 Å². The van der Waals surface area contributed by atoms with Crippen molar-refractivity contribution >= 4 is 28.4 Å². The Morgan fingerprint density at radius 1 is 1.43 bits per heavy atom. The minimum atomic E-state index is -0.230. The molecule has 6 nitrogen and oxygen atoms in total. The fraction of sp³-hybridized carbons (Fsp3) is 0.357. The van der Waals surface area contributed by atoms with Gasteiger partial charge in [0.15, 0.2) is 0 Å². The van der Waals surface area contributed by atoms with Crippen molar-refractivity contribution in [1.82, 2.24) is 14.5 Å². The van der Waals surface area contributed by atoms with E-state index in [2.05, 4.69) is 4.98 Å². The second-order valence-corrected chi connectivity index (χ2v) is 5.45. The monoisotopic (exact) mass is 307 g/mol. The summed E-state index contributed by atoms with van der Waals surface area (Å²) in [5, 5.41) is 0.790. The number of likely N-dealkylation sites (N-methyl/N-ethyl adjacent to an activating group) is 1. The van der Waals surface area contributed by atoms with Crippen molar-refractivity contribution in [2.24, 2.45) is 0 Å². The summed E-state index contributed by atoms with van der Waals surface area (Å²) in [5.41, 5.74) is 0.370. The van der Waals surface area contributed by atoms with Gasteiger partial charge in [0.25, 0.3) is 5.56 Å². The normalized spacial score (nSPS) is 19.2. The van der Waals surface area contributed by atoms with E-state index < -0.39 is 0 Å². The highest BCUT2D eigenvalue weighted by atomic mass is 35.5. The molecule has 7 heteroatoms. The van der Waals surface area contributed by atoms with Crippen molar-refractivity contribution in [1.29, 1.82) is 0 Å². The number of morpholine rings is 1. The smallest absolute Gasteiger partial charge is 0.262 e. The number of aromatic nitrogens is 2. The minimum Gasteiger partial charge on any atom is -0.365 e. The van der Waals surface area contributed by atoms with E-state index >= 15 is 0 Å². The molecule has 0 bridgehead atoms. The van der Waals surface area contributed by atoms with Gasteiger partial charge in [-0.25, -0.2) is 4.98 Å². The van der Waals surface area contributed by atoms with Gasteiger partial charge in [0, 0.05) is 13.6 Å². The van der Waals surface area contributed by atoms with Gasteiger partial charge in [-0.15, -0.1) is 0 Å². The maximum Gasteiger partial charge on any atom is 0.262 e. The van der Waals surface area contributed by atoms with Gasteiger partial charge in [0.1, 0.15) is 6.61 Å². The first-order valence-corrected chi connectivity index (χ1v) is 6.93. The van der Waals surface area contributed by atoms with Crippen LogP contribution in [-0.4, -0.2) is 46.7 Å². The predicted molar refractivity (Wildman–Crippen MR) is 78.4 cm³/mol. The topological polar surface area (TPSA) is 64.4 Å². The molecule has 1 aliphatic rings. The van der Waals surface area contributed by atoms with Gasteiger partial charge in [-0.2, -0.15) is 0 Å². The lowest BCUT2D eigenvalue weighted by Gasteiger charge is -2.30. The Kier molecular flexibility index (Phi) is 3.65. The van der Waals surface area contributed by atoms with E-state index in [1.807, 2.05) is 0 Å². The van der Waals surface area contributed by atoms with Crippen molar-refractivity contribution in [3.63, 3.8) is 0 Å². The molecule has 21 heavy (non-hydrogen) atoms. The number of ether oxygens (including phenoxy) is 1. The maximum absolute atomic E-state index is 12.5. The molecule has 0 N–H and O–H groups in total. The fourth-order valence-corrected chi connectivity index (χ4v) is 2.63. The summed E-state index contributed by atoms with van der Waals surface area (Å²) < 4.78 is 6.92. The Balaban J connectivity index is 1.91. The molecule has 0 unspecified atom stereocenters. The first-order valence-electron chi connectivity index (χ1n) is 6.55. The summed E-state index contributed by atoms with van der Waals surface area (Å²) in [6, 6.07) is 5.17. The van der Waals surface area contributed by atoms with Gasteiger partial charge in [0.2, 0.25) is 5.91 Å². The van der Waals surface area contributed by atoms with Crippen LogP contribution >= 0.6 is 11.6 Å². The molecule has 0 radical (unpaired) electrons. The van der Waals surface area contributed by atoms with Crippen LogP contribution in [0.25, 0.3) is 10.9 Å². The fourth-order valence-electron chi connectivity index (χ4n) is 2.38. The largest absolute Gasteiger partial charge is 0.365 e. The number of halogens is 1. The lowest BCUT2D eigenvalue weighted by Crippen LogP contribution is -2.46. The third-order valence-corrected chi connectivity index (χ3v) is 3.86. The first kappa shape index (κ1) is 14.0. The van der Waals surface area contributed by atoms with Crippen LogP contribution in [0.5, 0.6) is 0 Å². The van der Waals surface area contributed by atoms with Crippen LogP contribution in [0.1, 0.15) is 0 Å². The Hall–Kier alpha value is -1.92. The summed E-state index contributed by atoms with van der Waals surface area (Å²) in [5.74, 6) is -0.0572. The minimum absolute atomic E-state index is 0.0394. The molecule has 2 heterocycles. The summed E-state index contributed by atoms with van der Waals surface area (Å²) in [7, 11) is 1.72. The van der Waals surface area contributed by atoms with Gasteiger partial charge in [-0.05, 0) is 12.1 Å². The molecule has 1 amide bonds. The van der Waals surface area contributed by atoms with Crippen LogP contribution in [0.15, 0.2) is 29.3 Å². The average molecular weight is 308 g/mol. The summed E-state index contributed by atoms with van der Waals surface area (Å²) in [6.07, 6.45) is 1.26. The van der Waals surface area contributed by atoms with E-state index in [0.717, 1.165) is 0 Å². The molecule has 1 fully saturated rings. The molecular weight excluding hydrogens is 294 g/mol. The Bertz CT molecular complexity index is 759. The third kappa shape index (κ3) is 2.64. The van der Waals surface area contributed by atoms with Crippen LogP contribution in [0.4, 0.5) is 0 Å². The van der Waals surface area contributed by atoms with E-state index in [4.69, 9.17) is 16.3 Å². The molecule has 0 spiro atoms. The molecule has 1 atom stereocenters. The Morgan fingerprint density at radius 2 is 2.24 bits per heavy atom. The number of carbonyl (C=O) groups is 1. The standard InChI is InChI=1S/C14H14ClN3O3/c1-17-5-9(21-7-12(17)19)6-18-8-16-11-4-2-3-10(15)13(11)14(18)20/h2-4,8-9H,5-7H2,1H3/t9-/m1/s1. The Labute approximate surface area is 125 Å². The zero-order chi connectivity index (χ0) is 15.0. The molecule has 110 valence electrons. The Morgan fingerprint density at radius 3 is 3.00 bits per heavy atom. The number of hydrogen-bond donors (Lipinski definition) is 0. The lowest BCUT2D eigenvalue weighted by molar-refractivity contribution is -0.147. The average Bonchev–Trinajstić information content (AvgIpc) is 2.46. The SMILES string of the molecule is CN1C[C@H](Cn2cnc3cccc(Cl)c3c2=O)OCC1=O. The number of hydrogen-bond acceptors (Lipinski definition) is 4. The molecule has 0 saturated carbocycles. The van der Waals surface area contributed by atoms with E-state index in [-0.39, 0.29) is 24.2 Å². The van der Waals surface area contributed by atoms with Crippen molar-refractivity contribution in [3.8, 4) is 0 Å².